The summed E-state index contributed by atoms with van der Waals surface area (Å²) in [6.07, 6.45) is 0. The summed E-state index contributed by atoms with van der Waals surface area (Å²) in [7, 11) is 1.50. The van der Waals surface area contributed by atoms with Crippen LogP contribution in [-0.2, 0) is 4.79 Å². The zero-order valence-electron chi connectivity index (χ0n) is 11.5. The minimum absolute atomic E-state index is 0.226. The van der Waals surface area contributed by atoms with Gasteiger partial charge in [-0.05, 0) is 30.3 Å². The van der Waals surface area contributed by atoms with Crippen LogP contribution in [0.25, 0.3) is 0 Å². The monoisotopic (exact) mass is 359 g/mol. The molecule has 0 bridgehead atoms. The molecule has 0 fully saturated rings. The van der Waals surface area contributed by atoms with Gasteiger partial charge >= 0.3 is 0 Å². The molecule has 0 spiro atoms. The molecule has 4 nitrogen and oxygen atoms in total. The van der Waals surface area contributed by atoms with Gasteiger partial charge in [-0.2, -0.15) is 0 Å². The highest BCUT2D eigenvalue weighted by Crippen LogP contribution is 2.31. The van der Waals surface area contributed by atoms with E-state index in [0.29, 0.717) is 27.2 Å². The van der Waals surface area contributed by atoms with Crippen LogP contribution in [-0.4, -0.2) is 19.6 Å². The minimum atomic E-state index is -0.378. The Balaban J connectivity index is 2.02. The van der Waals surface area contributed by atoms with Crippen LogP contribution in [0, 0.1) is 0 Å². The Morgan fingerprint density at radius 1 is 1.14 bits per heavy atom. The van der Waals surface area contributed by atoms with Crippen molar-refractivity contribution in [3.8, 4) is 11.5 Å². The molecule has 2 rings (SSSR count). The maximum Gasteiger partial charge on any atom is 0.262 e. The number of methoxy groups -OCH3 is 1. The molecule has 0 unspecified atom stereocenters. The second kappa shape index (κ2) is 7.58. The van der Waals surface area contributed by atoms with Gasteiger partial charge in [0.25, 0.3) is 5.91 Å². The van der Waals surface area contributed by atoms with Crippen molar-refractivity contribution in [3.05, 3.63) is 51.5 Å². The Morgan fingerprint density at radius 2 is 1.91 bits per heavy atom. The Morgan fingerprint density at radius 3 is 2.64 bits per heavy atom. The van der Waals surface area contributed by atoms with Crippen LogP contribution in [0.15, 0.2) is 36.4 Å². The van der Waals surface area contributed by atoms with E-state index >= 15 is 0 Å². The number of halogens is 3. The lowest BCUT2D eigenvalue weighted by Crippen LogP contribution is -2.20. The van der Waals surface area contributed by atoms with Gasteiger partial charge in [-0.1, -0.05) is 40.9 Å². The molecule has 22 heavy (non-hydrogen) atoms. The van der Waals surface area contributed by atoms with Gasteiger partial charge in [-0.25, -0.2) is 0 Å². The van der Waals surface area contributed by atoms with E-state index in [-0.39, 0.29) is 17.5 Å². The number of carbonyl (C=O) groups excluding carboxylic acids is 1. The highest BCUT2D eigenvalue weighted by molar-refractivity contribution is 6.42. The van der Waals surface area contributed by atoms with Crippen molar-refractivity contribution in [1.29, 1.82) is 0 Å². The summed E-state index contributed by atoms with van der Waals surface area (Å²) in [6, 6.07) is 9.85. The summed E-state index contributed by atoms with van der Waals surface area (Å²) in [4.78, 5) is 12.0. The molecule has 2 aromatic rings. The highest BCUT2D eigenvalue weighted by Gasteiger charge is 2.11. The second-order valence-corrected chi connectivity index (χ2v) is 5.46. The summed E-state index contributed by atoms with van der Waals surface area (Å²) in [5.74, 6) is 0.456. The summed E-state index contributed by atoms with van der Waals surface area (Å²) >= 11 is 17.7. The molecule has 0 aliphatic rings. The van der Waals surface area contributed by atoms with E-state index in [1.165, 1.54) is 7.11 Å². The van der Waals surface area contributed by atoms with Crippen molar-refractivity contribution in [2.45, 2.75) is 0 Å². The fourth-order valence-electron chi connectivity index (χ4n) is 1.70. The van der Waals surface area contributed by atoms with Crippen LogP contribution in [0.1, 0.15) is 0 Å². The third kappa shape index (κ3) is 4.19. The zero-order valence-corrected chi connectivity index (χ0v) is 13.8. The second-order valence-electron chi connectivity index (χ2n) is 4.23. The van der Waals surface area contributed by atoms with Crippen molar-refractivity contribution < 1.29 is 14.3 Å². The van der Waals surface area contributed by atoms with Crippen LogP contribution in [0.4, 0.5) is 5.69 Å². The first-order valence-corrected chi connectivity index (χ1v) is 7.35. The summed E-state index contributed by atoms with van der Waals surface area (Å²) < 4.78 is 10.5. The summed E-state index contributed by atoms with van der Waals surface area (Å²) in [6.45, 7) is -0.226. The van der Waals surface area contributed by atoms with E-state index in [1.807, 2.05) is 0 Å². The Bertz CT molecular complexity index is 692. The predicted octanol–water partition coefficient (Wildman–Crippen LogP) is 4.67. The highest BCUT2D eigenvalue weighted by atomic mass is 35.5. The predicted molar refractivity (Wildman–Crippen MR) is 88.6 cm³/mol. The van der Waals surface area contributed by atoms with Crippen LogP contribution in [0.5, 0.6) is 11.5 Å². The molecule has 0 aromatic heterocycles. The first-order chi connectivity index (χ1) is 10.5. The zero-order chi connectivity index (χ0) is 16.1. The number of nitrogens with one attached hydrogen (secondary N) is 1. The van der Waals surface area contributed by atoms with Crippen molar-refractivity contribution in [1.82, 2.24) is 0 Å². The molecule has 0 atom stereocenters. The number of amides is 1. The molecular weight excluding hydrogens is 349 g/mol. The van der Waals surface area contributed by atoms with Crippen molar-refractivity contribution in [2.24, 2.45) is 0 Å². The lowest BCUT2D eigenvalue weighted by Gasteiger charge is -2.12. The summed E-state index contributed by atoms with van der Waals surface area (Å²) in [5.41, 5.74) is 0.459. The average molecular weight is 361 g/mol. The molecule has 0 aliphatic heterocycles. The van der Waals surface area contributed by atoms with E-state index in [1.54, 1.807) is 36.4 Å². The van der Waals surface area contributed by atoms with Crippen LogP contribution in [0.2, 0.25) is 15.1 Å². The van der Waals surface area contributed by atoms with Crippen molar-refractivity contribution in [3.63, 3.8) is 0 Å². The molecule has 2 aromatic carbocycles. The molecule has 0 aliphatic carbocycles. The Labute approximate surface area is 142 Å². The van der Waals surface area contributed by atoms with E-state index in [2.05, 4.69) is 5.32 Å². The maximum atomic E-state index is 12.0. The maximum absolute atomic E-state index is 12.0. The molecule has 1 amide bonds. The van der Waals surface area contributed by atoms with Crippen molar-refractivity contribution in [2.75, 3.05) is 19.0 Å². The largest absolute Gasteiger partial charge is 0.495 e. The smallest absolute Gasteiger partial charge is 0.262 e. The topological polar surface area (TPSA) is 47.6 Å². The molecule has 1 N–H and O–H groups in total. The van der Waals surface area contributed by atoms with Gasteiger partial charge in [0, 0.05) is 5.02 Å². The number of ether oxygens (including phenoxy) is 2. The number of rotatable bonds is 5. The number of hydrogen-bond donors (Lipinski definition) is 1. The Kier molecular flexibility index (Phi) is 5.77. The van der Waals surface area contributed by atoms with Crippen molar-refractivity contribution >= 4 is 46.4 Å². The number of anilines is 1. The van der Waals surface area contributed by atoms with Gasteiger partial charge in [0.2, 0.25) is 0 Å². The lowest BCUT2D eigenvalue weighted by molar-refractivity contribution is -0.118. The first-order valence-electron chi connectivity index (χ1n) is 6.21. The third-order valence-electron chi connectivity index (χ3n) is 2.71. The number of benzene rings is 2. The molecule has 0 saturated carbocycles. The van der Waals surface area contributed by atoms with Gasteiger partial charge in [-0.15, -0.1) is 0 Å². The molecule has 0 saturated heterocycles. The van der Waals surface area contributed by atoms with Gasteiger partial charge in [-0.3, -0.25) is 4.79 Å². The van der Waals surface area contributed by atoms with E-state index < -0.39 is 0 Å². The molecule has 116 valence electrons. The van der Waals surface area contributed by atoms with Gasteiger partial charge in [0.1, 0.15) is 16.5 Å². The number of hydrogen-bond acceptors (Lipinski definition) is 3. The van der Waals surface area contributed by atoms with E-state index in [9.17, 15) is 4.79 Å². The van der Waals surface area contributed by atoms with E-state index in [4.69, 9.17) is 44.3 Å². The van der Waals surface area contributed by atoms with E-state index in [0.717, 1.165) is 0 Å². The third-order valence-corrected chi connectivity index (χ3v) is 3.75. The quantitative estimate of drug-likeness (QED) is 0.842. The Hall–Kier alpha value is -1.62. The van der Waals surface area contributed by atoms with Gasteiger partial charge in [0.15, 0.2) is 6.61 Å². The normalized spacial score (nSPS) is 10.2. The molecule has 7 heteroatoms. The SMILES string of the molecule is COc1ccc(Cl)cc1NC(=O)COc1cccc(Cl)c1Cl. The standard InChI is InChI=1S/C15H12Cl3NO3/c1-21-12-6-5-9(16)7-11(12)19-14(20)8-22-13-4-2-3-10(17)15(13)18/h2-7H,8H2,1H3,(H,19,20). The van der Waals surface area contributed by atoms with Crippen LogP contribution >= 0.6 is 34.8 Å². The minimum Gasteiger partial charge on any atom is -0.495 e. The average Bonchev–Trinajstić information content (AvgIpc) is 2.49. The van der Waals surface area contributed by atoms with Crippen LogP contribution in [0.3, 0.4) is 0 Å². The molecule has 0 heterocycles. The van der Waals surface area contributed by atoms with Crippen LogP contribution < -0.4 is 14.8 Å². The van der Waals surface area contributed by atoms with Gasteiger partial charge in [0.05, 0.1) is 17.8 Å². The summed E-state index contributed by atoms with van der Waals surface area (Å²) in [5, 5.41) is 3.76. The fraction of sp³-hybridized carbons (Fsp3) is 0.133. The molecule has 0 radical (unpaired) electrons. The van der Waals surface area contributed by atoms with Gasteiger partial charge < -0.3 is 14.8 Å². The first kappa shape index (κ1) is 16.7. The lowest BCUT2D eigenvalue weighted by atomic mass is 10.3. The fourth-order valence-corrected chi connectivity index (χ4v) is 2.22. The number of carbonyl (C=O) groups is 1. The molecular formula is C15H12Cl3NO3.